The first kappa shape index (κ1) is 15.2. The Hall–Kier alpha value is -1.73. The molecular weight excluding hydrogens is 300 g/mol. The van der Waals surface area contributed by atoms with Gasteiger partial charge in [-0.1, -0.05) is 6.07 Å². The van der Waals surface area contributed by atoms with E-state index in [0.29, 0.717) is 24.6 Å². The van der Waals surface area contributed by atoms with Crippen LogP contribution in [0.5, 0.6) is 0 Å². The highest BCUT2D eigenvalue weighted by atomic mass is 32.1. The third-order valence-electron chi connectivity index (χ3n) is 3.95. The summed E-state index contributed by atoms with van der Waals surface area (Å²) in [6.45, 7) is 4.54. The number of pyridine rings is 1. The molecule has 2 aromatic rings. The largest absolute Gasteiger partial charge is 0.466 e. The van der Waals surface area contributed by atoms with Crippen molar-refractivity contribution in [3.63, 3.8) is 0 Å². The maximum absolute atomic E-state index is 11.9. The lowest BCUT2D eigenvalue weighted by molar-refractivity contribution is -0.150. The molecule has 3 heterocycles. The lowest BCUT2D eigenvalue weighted by Gasteiger charge is -2.31. The molecule has 22 heavy (non-hydrogen) atoms. The second-order valence-electron chi connectivity index (χ2n) is 5.52. The van der Waals surface area contributed by atoms with Crippen molar-refractivity contribution in [2.45, 2.75) is 26.4 Å². The Morgan fingerprint density at radius 2 is 2.36 bits per heavy atom. The van der Waals surface area contributed by atoms with Gasteiger partial charge >= 0.3 is 5.97 Å². The lowest BCUT2D eigenvalue weighted by atomic mass is 9.99. The van der Waals surface area contributed by atoms with Crippen molar-refractivity contribution < 1.29 is 9.53 Å². The van der Waals surface area contributed by atoms with Gasteiger partial charge in [0, 0.05) is 12.7 Å². The van der Waals surface area contributed by atoms with Gasteiger partial charge in [0.05, 0.1) is 19.2 Å². The number of hydrogen-bond acceptors (Lipinski definition) is 5. The van der Waals surface area contributed by atoms with Gasteiger partial charge in [-0.2, -0.15) is 5.10 Å². The fourth-order valence-corrected chi connectivity index (χ4v) is 3.14. The summed E-state index contributed by atoms with van der Waals surface area (Å²) >= 11 is 5.46. The van der Waals surface area contributed by atoms with Crippen molar-refractivity contribution in [1.29, 1.82) is 0 Å². The van der Waals surface area contributed by atoms with Crippen LogP contribution in [0.15, 0.2) is 24.4 Å². The van der Waals surface area contributed by atoms with Crippen molar-refractivity contribution in [3.8, 4) is 0 Å². The van der Waals surface area contributed by atoms with Gasteiger partial charge in [0.2, 0.25) is 4.77 Å². The third-order valence-corrected chi connectivity index (χ3v) is 4.36. The second-order valence-corrected chi connectivity index (χ2v) is 5.89. The van der Waals surface area contributed by atoms with E-state index in [0.717, 1.165) is 25.0 Å². The molecule has 118 valence electrons. The van der Waals surface area contributed by atoms with Crippen LogP contribution in [-0.2, 0) is 16.2 Å². The number of likely N-dealkylation sites (tertiary alicyclic amines) is 1. The number of fused-ring (bicyclic) bond motifs is 1. The monoisotopic (exact) mass is 320 g/mol. The van der Waals surface area contributed by atoms with Crippen molar-refractivity contribution >= 4 is 23.8 Å². The molecule has 0 aromatic carbocycles. The second kappa shape index (κ2) is 6.58. The molecule has 0 bridgehead atoms. The van der Waals surface area contributed by atoms with Crippen LogP contribution in [0.25, 0.3) is 5.65 Å². The minimum Gasteiger partial charge on any atom is -0.466 e. The molecule has 1 aliphatic heterocycles. The van der Waals surface area contributed by atoms with E-state index < -0.39 is 0 Å². The maximum atomic E-state index is 11.9. The molecule has 0 radical (unpaired) electrons. The molecule has 0 amide bonds. The molecule has 1 aliphatic rings. The summed E-state index contributed by atoms with van der Waals surface area (Å²) in [7, 11) is 0. The number of hydrogen-bond donors (Lipinski definition) is 0. The van der Waals surface area contributed by atoms with Crippen LogP contribution in [0.2, 0.25) is 0 Å². The maximum Gasteiger partial charge on any atom is 0.310 e. The predicted octanol–water partition coefficient (Wildman–Crippen LogP) is 2.10. The average Bonchev–Trinajstić information content (AvgIpc) is 2.84. The fraction of sp³-hybridized carbons (Fsp3) is 0.533. The number of nitrogens with zero attached hydrogens (tertiary/aromatic N) is 4. The Kier molecular flexibility index (Phi) is 4.54. The van der Waals surface area contributed by atoms with E-state index in [-0.39, 0.29) is 11.9 Å². The van der Waals surface area contributed by atoms with Gasteiger partial charge in [-0.05, 0) is 50.7 Å². The summed E-state index contributed by atoms with van der Waals surface area (Å²) in [5.41, 5.74) is 0.839. The van der Waals surface area contributed by atoms with Crippen LogP contribution >= 0.6 is 12.2 Å². The molecule has 0 unspecified atom stereocenters. The SMILES string of the molecule is CCOC(=O)[C@H]1CCCN(Cn2nc3ccccn3c2=S)C1. The first-order valence-corrected chi connectivity index (χ1v) is 8.03. The molecule has 1 saturated heterocycles. The molecule has 1 fully saturated rings. The Balaban J connectivity index is 1.73. The van der Waals surface area contributed by atoms with E-state index >= 15 is 0 Å². The van der Waals surface area contributed by atoms with E-state index in [4.69, 9.17) is 17.0 Å². The normalized spacial score (nSPS) is 19.4. The molecule has 0 N–H and O–H groups in total. The first-order valence-electron chi connectivity index (χ1n) is 7.62. The quantitative estimate of drug-likeness (QED) is 0.638. The Labute approximate surface area is 134 Å². The number of aromatic nitrogens is 3. The van der Waals surface area contributed by atoms with E-state index in [2.05, 4.69) is 10.00 Å². The van der Waals surface area contributed by atoms with E-state index in [1.807, 2.05) is 40.4 Å². The minimum absolute atomic E-state index is 0.0418. The number of piperidine rings is 1. The summed E-state index contributed by atoms with van der Waals surface area (Å²) in [6, 6.07) is 5.82. The van der Waals surface area contributed by atoms with Crippen molar-refractivity contribution in [3.05, 3.63) is 29.2 Å². The first-order chi connectivity index (χ1) is 10.7. The highest BCUT2D eigenvalue weighted by molar-refractivity contribution is 7.71. The van der Waals surface area contributed by atoms with Gasteiger partial charge in [-0.15, -0.1) is 0 Å². The summed E-state index contributed by atoms with van der Waals surface area (Å²) in [6.07, 6.45) is 3.80. The Morgan fingerprint density at radius 3 is 3.14 bits per heavy atom. The molecule has 3 rings (SSSR count). The molecule has 0 aliphatic carbocycles. The third kappa shape index (κ3) is 3.05. The van der Waals surface area contributed by atoms with Gasteiger partial charge in [0.25, 0.3) is 0 Å². The van der Waals surface area contributed by atoms with Crippen LogP contribution in [0.1, 0.15) is 19.8 Å². The zero-order chi connectivity index (χ0) is 15.5. The van der Waals surface area contributed by atoms with Crippen molar-refractivity contribution in [2.75, 3.05) is 19.7 Å². The van der Waals surface area contributed by atoms with Crippen LogP contribution in [-0.4, -0.2) is 44.7 Å². The van der Waals surface area contributed by atoms with E-state index in [1.165, 1.54) is 0 Å². The Morgan fingerprint density at radius 1 is 1.50 bits per heavy atom. The fourth-order valence-electron chi connectivity index (χ4n) is 2.89. The molecular formula is C15H20N4O2S. The summed E-state index contributed by atoms with van der Waals surface area (Å²) in [5, 5.41) is 4.53. The van der Waals surface area contributed by atoms with Crippen LogP contribution in [0.3, 0.4) is 0 Å². The topological polar surface area (TPSA) is 51.8 Å². The van der Waals surface area contributed by atoms with Gasteiger partial charge < -0.3 is 4.74 Å². The smallest absolute Gasteiger partial charge is 0.310 e. The molecule has 7 heteroatoms. The summed E-state index contributed by atoms with van der Waals surface area (Å²) in [4.78, 5) is 14.1. The number of carbonyl (C=O) groups excluding carboxylic acids is 1. The average molecular weight is 320 g/mol. The number of carbonyl (C=O) groups is 1. The van der Waals surface area contributed by atoms with Crippen LogP contribution in [0, 0.1) is 10.7 Å². The zero-order valence-corrected chi connectivity index (χ0v) is 13.5. The number of rotatable bonds is 4. The highest BCUT2D eigenvalue weighted by Gasteiger charge is 2.27. The van der Waals surface area contributed by atoms with E-state index in [9.17, 15) is 4.79 Å². The van der Waals surface area contributed by atoms with Gasteiger partial charge in [0.15, 0.2) is 5.65 Å². The van der Waals surface area contributed by atoms with E-state index in [1.54, 1.807) is 0 Å². The number of ether oxygens (including phenoxy) is 1. The van der Waals surface area contributed by atoms with Gasteiger partial charge in [0.1, 0.15) is 0 Å². The lowest BCUT2D eigenvalue weighted by Crippen LogP contribution is -2.40. The highest BCUT2D eigenvalue weighted by Crippen LogP contribution is 2.18. The minimum atomic E-state index is -0.0919. The molecule has 0 saturated carbocycles. The van der Waals surface area contributed by atoms with Crippen molar-refractivity contribution in [2.24, 2.45) is 5.92 Å². The Bertz CT molecular complexity index is 724. The molecule has 2 aromatic heterocycles. The summed E-state index contributed by atoms with van der Waals surface area (Å²) in [5.74, 6) is -0.134. The number of esters is 1. The van der Waals surface area contributed by atoms with Crippen molar-refractivity contribution in [1.82, 2.24) is 19.1 Å². The zero-order valence-electron chi connectivity index (χ0n) is 12.6. The molecule has 6 nitrogen and oxygen atoms in total. The molecule has 1 atom stereocenters. The van der Waals surface area contributed by atoms with Gasteiger partial charge in [-0.3, -0.25) is 14.1 Å². The standard InChI is InChI=1S/C15H20N4O2S/c1-2-21-14(20)12-6-5-8-17(10-12)11-19-15(22)18-9-4-3-7-13(18)16-19/h3-4,7,9,12H,2,5-6,8,10-11H2,1H3/t12-/m0/s1. The van der Waals surface area contributed by atoms with Gasteiger partial charge in [-0.25, -0.2) is 4.68 Å². The van der Waals surface area contributed by atoms with Crippen LogP contribution < -0.4 is 0 Å². The predicted molar refractivity (Wildman–Crippen MR) is 84.9 cm³/mol. The molecule has 0 spiro atoms. The summed E-state index contributed by atoms with van der Waals surface area (Å²) < 4.78 is 9.52. The van der Waals surface area contributed by atoms with Crippen LogP contribution in [0.4, 0.5) is 0 Å².